The van der Waals surface area contributed by atoms with Crippen LogP contribution >= 0.6 is 0 Å². The molecule has 1 aromatic heterocycles. The molecule has 1 saturated carbocycles. The summed E-state index contributed by atoms with van der Waals surface area (Å²) in [5.41, 5.74) is 1.31. The lowest BCUT2D eigenvalue weighted by molar-refractivity contribution is -0.146. The fourth-order valence-corrected chi connectivity index (χ4v) is 4.48. The Balaban J connectivity index is 1.58. The first-order chi connectivity index (χ1) is 14.7. The molecule has 4 aromatic rings. The van der Waals surface area contributed by atoms with Crippen LogP contribution < -0.4 is 0 Å². The summed E-state index contributed by atoms with van der Waals surface area (Å²) in [6.45, 7) is 2.22. The number of esters is 1. The fourth-order valence-electron chi connectivity index (χ4n) is 4.48. The molecule has 2 atom stereocenters. The van der Waals surface area contributed by atoms with E-state index in [9.17, 15) is 4.79 Å². The molecule has 0 unspecified atom stereocenters. The number of benzene rings is 3. The second-order valence-electron chi connectivity index (χ2n) is 7.81. The molecule has 30 heavy (non-hydrogen) atoms. The Kier molecular flexibility index (Phi) is 4.59. The number of pyridine rings is 1. The summed E-state index contributed by atoms with van der Waals surface area (Å²) in [6, 6.07) is 24.9. The van der Waals surface area contributed by atoms with E-state index in [1.807, 2.05) is 25.1 Å². The molecule has 0 amide bonds. The predicted octanol–water partition coefficient (Wildman–Crippen LogP) is 5.92. The number of allylic oxidation sites excluding steroid dienone is 1. The van der Waals surface area contributed by atoms with Crippen LogP contribution in [0.2, 0.25) is 0 Å². The van der Waals surface area contributed by atoms with Crippen molar-refractivity contribution in [3.05, 3.63) is 96.3 Å². The van der Waals surface area contributed by atoms with Gasteiger partial charge in [-0.3, -0.25) is 9.78 Å². The molecule has 0 spiro atoms. The highest BCUT2D eigenvalue weighted by molar-refractivity contribution is 6.06. The second kappa shape index (κ2) is 7.42. The van der Waals surface area contributed by atoms with Gasteiger partial charge >= 0.3 is 5.97 Å². The van der Waals surface area contributed by atoms with Gasteiger partial charge in [0, 0.05) is 12.1 Å². The summed E-state index contributed by atoms with van der Waals surface area (Å²) >= 11 is 0. The molecule has 5 rings (SSSR count). The molecule has 148 valence electrons. The highest BCUT2D eigenvalue weighted by atomic mass is 16.5. The van der Waals surface area contributed by atoms with Crippen molar-refractivity contribution in [2.45, 2.75) is 18.8 Å². The second-order valence-corrected chi connectivity index (χ2v) is 7.81. The summed E-state index contributed by atoms with van der Waals surface area (Å²) in [7, 11) is 0. The Morgan fingerprint density at radius 1 is 1.03 bits per heavy atom. The third kappa shape index (κ3) is 2.98. The van der Waals surface area contributed by atoms with Gasteiger partial charge in [-0.15, -0.1) is 0 Å². The van der Waals surface area contributed by atoms with Crippen LogP contribution in [0, 0.1) is 5.92 Å². The number of hydrogen-bond donors (Lipinski definition) is 0. The van der Waals surface area contributed by atoms with Crippen molar-refractivity contribution in [3.63, 3.8) is 0 Å². The molecule has 0 N–H and O–H groups in total. The number of rotatable bonds is 5. The Morgan fingerprint density at radius 2 is 1.70 bits per heavy atom. The average Bonchev–Trinajstić information content (AvgIpc) is 3.53. The molecule has 1 aliphatic rings. The van der Waals surface area contributed by atoms with Crippen molar-refractivity contribution < 1.29 is 9.53 Å². The zero-order valence-electron chi connectivity index (χ0n) is 16.9. The van der Waals surface area contributed by atoms with Gasteiger partial charge in [-0.2, -0.15) is 0 Å². The molecule has 3 heteroatoms. The largest absolute Gasteiger partial charge is 0.465 e. The number of carbonyl (C=O) groups excluding carboxylic acids is 1. The average molecular weight is 393 g/mol. The van der Waals surface area contributed by atoms with Crippen LogP contribution in [0.5, 0.6) is 0 Å². The molecule has 0 saturated heterocycles. The van der Waals surface area contributed by atoms with Crippen LogP contribution in [0.4, 0.5) is 0 Å². The van der Waals surface area contributed by atoms with Crippen molar-refractivity contribution in [2.75, 3.05) is 6.61 Å². The fraction of sp³-hybridized carbons (Fsp3) is 0.185. The zero-order valence-corrected chi connectivity index (χ0v) is 16.9. The minimum Gasteiger partial charge on any atom is -0.465 e. The van der Waals surface area contributed by atoms with Gasteiger partial charge in [0.25, 0.3) is 0 Å². The van der Waals surface area contributed by atoms with Gasteiger partial charge in [0.2, 0.25) is 0 Å². The third-order valence-corrected chi connectivity index (χ3v) is 6.08. The molecular weight excluding hydrogens is 370 g/mol. The van der Waals surface area contributed by atoms with Gasteiger partial charge in [0.1, 0.15) is 5.41 Å². The molecule has 1 heterocycles. The third-order valence-electron chi connectivity index (χ3n) is 6.08. The first-order valence-corrected chi connectivity index (χ1v) is 10.4. The first kappa shape index (κ1) is 18.6. The quantitative estimate of drug-likeness (QED) is 0.312. The molecule has 3 aromatic carbocycles. The summed E-state index contributed by atoms with van der Waals surface area (Å²) in [5, 5.41) is 4.86. The summed E-state index contributed by atoms with van der Waals surface area (Å²) in [5.74, 6) is -0.106. The first-order valence-electron chi connectivity index (χ1n) is 10.4. The lowest BCUT2D eigenvalue weighted by atomic mass is 9.94. The summed E-state index contributed by atoms with van der Waals surface area (Å²) in [4.78, 5) is 17.4. The number of fused-ring (bicyclic) bond motifs is 2. The van der Waals surface area contributed by atoms with E-state index < -0.39 is 5.41 Å². The molecule has 0 radical (unpaired) electrons. The molecule has 1 aliphatic carbocycles. The number of nitrogens with zero attached hydrogens (tertiary/aromatic N) is 1. The SMILES string of the molecule is CCOC(=O)[C@@]1(c2ccccn2)C[C@@H]1/C=C/c1c2ccccc2cc2ccccc12. The van der Waals surface area contributed by atoms with Crippen molar-refractivity contribution in [2.24, 2.45) is 5.92 Å². The van der Waals surface area contributed by atoms with Crippen LogP contribution in [0.1, 0.15) is 24.6 Å². The molecule has 1 fully saturated rings. The van der Waals surface area contributed by atoms with Crippen molar-refractivity contribution >= 4 is 33.6 Å². The van der Waals surface area contributed by atoms with Gasteiger partial charge in [0.15, 0.2) is 0 Å². The number of aromatic nitrogens is 1. The van der Waals surface area contributed by atoms with Crippen LogP contribution in [0.25, 0.3) is 27.6 Å². The van der Waals surface area contributed by atoms with E-state index in [0.29, 0.717) is 6.61 Å². The van der Waals surface area contributed by atoms with E-state index in [-0.39, 0.29) is 11.9 Å². The summed E-state index contributed by atoms with van der Waals surface area (Å²) in [6.07, 6.45) is 6.81. The van der Waals surface area contributed by atoms with Gasteiger partial charge < -0.3 is 4.74 Å². The number of ether oxygens (including phenoxy) is 1. The van der Waals surface area contributed by atoms with Gasteiger partial charge in [-0.1, -0.05) is 66.7 Å². The van der Waals surface area contributed by atoms with E-state index in [2.05, 4.69) is 71.7 Å². The van der Waals surface area contributed by atoms with Crippen LogP contribution in [-0.2, 0) is 14.9 Å². The lowest BCUT2D eigenvalue weighted by Crippen LogP contribution is -2.26. The maximum atomic E-state index is 12.9. The highest BCUT2D eigenvalue weighted by Crippen LogP contribution is 2.55. The number of carbonyl (C=O) groups is 1. The van der Waals surface area contributed by atoms with Crippen molar-refractivity contribution in [3.8, 4) is 0 Å². The normalized spacial score (nSPS) is 20.6. The minimum absolute atomic E-state index is 0.0733. The topological polar surface area (TPSA) is 39.2 Å². The maximum Gasteiger partial charge on any atom is 0.318 e. The lowest BCUT2D eigenvalue weighted by Gasteiger charge is -2.14. The summed E-state index contributed by atoms with van der Waals surface area (Å²) < 4.78 is 5.43. The van der Waals surface area contributed by atoms with Gasteiger partial charge in [-0.25, -0.2) is 0 Å². The van der Waals surface area contributed by atoms with E-state index in [0.717, 1.165) is 12.1 Å². The zero-order chi connectivity index (χ0) is 20.6. The number of hydrogen-bond acceptors (Lipinski definition) is 3. The molecule has 0 bridgehead atoms. The minimum atomic E-state index is -0.672. The molecule has 3 nitrogen and oxygen atoms in total. The highest BCUT2D eigenvalue weighted by Gasteiger charge is 2.62. The van der Waals surface area contributed by atoms with Crippen LogP contribution in [-0.4, -0.2) is 17.6 Å². The smallest absolute Gasteiger partial charge is 0.318 e. The molecule has 0 aliphatic heterocycles. The monoisotopic (exact) mass is 393 g/mol. The Bertz CT molecular complexity index is 1210. The van der Waals surface area contributed by atoms with E-state index in [4.69, 9.17) is 4.74 Å². The van der Waals surface area contributed by atoms with E-state index in [1.165, 1.54) is 27.1 Å². The van der Waals surface area contributed by atoms with Crippen LogP contribution in [0.3, 0.4) is 0 Å². The Hall–Kier alpha value is -3.46. The molecular formula is C27H23NO2. The van der Waals surface area contributed by atoms with Crippen LogP contribution in [0.15, 0.2) is 85.1 Å². The standard InChI is InChI=1S/C27H23NO2/c1-2-30-26(29)27(25-13-7-8-16-28-25)18-21(27)14-15-24-22-11-5-3-9-19(22)17-20-10-4-6-12-23(20)24/h3-17,21H,2,18H2,1H3/b15-14+/t21-,27-/m0/s1. The predicted molar refractivity (Wildman–Crippen MR) is 121 cm³/mol. The Morgan fingerprint density at radius 3 is 2.33 bits per heavy atom. The van der Waals surface area contributed by atoms with E-state index >= 15 is 0 Å². The van der Waals surface area contributed by atoms with Gasteiger partial charge in [-0.05, 0) is 58.7 Å². The van der Waals surface area contributed by atoms with Gasteiger partial charge in [0.05, 0.1) is 12.3 Å². The Labute approximate surface area is 176 Å². The van der Waals surface area contributed by atoms with E-state index in [1.54, 1.807) is 6.20 Å². The maximum absolute atomic E-state index is 12.9. The van der Waals surface area contributed by atoms with Crippen molar-refractivity contribution in [1.29, 1.82) is 0 Å². The van der Waals surface area contributed by atoms with Crippen molar-refractivity contribution in [1.82, 2.24) is 4.98 Å².